The Balaban J connectivity index is 1.89. The fourth-order valence-corrected chi connectivity index (χ4v) is 3.74. The highest BCUT2D eigenvalue weighted by atomic mass is 19.1. The highest BCUT2D eigenvalue weighted by molar-refractivity contribution is 5.72. The van der Waals surface area contributed by atoms with Crippen LogP contribution in [-0.4, -0.2) is 9.97 Å². The summed E-state index contributed by atoms with van der Waals surface area (Å²) in [6.45, 7) is 1.84. The highest BCUT2D eigenvalue weighted by Crippen LogP contribution is 2.37. The van der Waals surface area contributed by atoms with Crippen LogP contribution in [0.5, 0.6) is 0 Å². The lowest BCUT2D eigenvalue weighted by Crippen LogP contribution is -2.08. The minimum absolute atomic E-state index is 0.0482. The Morgan fingerprint density at radius 3 is 2.21 bits per heavy atom. The van der Waals surface area contributed by atoms with Gasteiger partial charge in [-0.1, -0.05) is 24.3 Å². The third-order valence-corrected chi connectivity index (χ3v) is 5.12. The minimum atomic E-state index is -0.321. The van der Waals surface area contributed by atoms with Gasteiger partial charge in [-0.2, -0.15) is 0 Å². The van der Waals surface area contributed by atoms with E-state index in [-0.39, 0.29) is 17.6 Å². The van der Waals surface area contributed by atoms with Crippen molar-refractivity contribution in [2.75, 3.05) is 0 Å². The second-order valence-corrected chi connectivity index (χ2v) is 7.10. The van der Waals surface area contributed by atoms with E-state index in [2.05, 4.69) is 9.97 Å². The first kappa shape index (κ1) is 18.9. The lowest BCUT2D eigenvalue weighted by atomic mass is 9.82. The Bertz CT molecular complexity index is 1110. The van der Waals surface area contributed by atoms with Gasteiger partial charge in [0.2, 0.25) is 0 Å². The van der Waals surface area contributed by atoms with Crippen molar-refractivity contribution in [3.63, 3.8) is 0 Å². The molecule has 0 saturated heterocycles. The molecule has 2 nitrogen and oxygen atoms in total. The van der Waals surface area contributed by atoms with Crippen LogP contribution in [-0.2, 0) is 6.42 Å². The first-order chi connectivity index (χ1) is 14.1. The summed E-state index contributed by atoms with van der Waals surface area (Å²) in [5.74, 6) is -0.671. The number of nitrogens with zero attached hydrogens (tertiary/aromatic N) is 2. The molecule has 2 heterocycles. The maximum atomic E-state index is 14.2. The van der Waals surface area contributed by atoms with Gasteiger partial charge in [-0.05, 0) is 83.1 Å². The predicted octanol–water partition coefficient (Wildman–Crippen LogP) is 6.10. The molecule has 0 amide bonds. The topological polar surface area (TPSA) is 25.8 Å². The highest BCUT2D eigenvalue weighted by Gasteiger charge is 2.21. The molecule has 0 radical (unpaired) electrons. The van der Waals surface area contributed by atoms with Crippen molar-refractivity contribution in [1.82, 2.24) is 9.97 Å². The molecule has 0 aliphatic carbocycles. The van der Waals surface area contributed by atoms with E-state index < -0.39 is 0 Å². The van der Waals surface area contributed by atoms with Crippen molar-refractivity contribution < 1.29 is 8.78 Å². The second kappa shape index (κ2) is 8.31. The third-order valence-electron chi connectivity index (χ3n) is 5.12. The van der Waals surface area contributed by atoms with Gasteiger partial charge in [0.25, 0.3) is 0 Å². The molecule has 2 aromatic carbocycles. The molecule has 0 bridgehead atoms. The Kier molecular flexibility index (Phi) is 5.43. The molecule has 4 heteroatoms. The molecule has 1 unspecified atom stereocenters. The summed E-state index contributed by atoms with van der Waals surface area (Å²) in [5, 5.41) is 0. The van der Waals surface area contributed by atoms with E-state index in [1.165, 1.54) is 24.3 Å². The largest absolute Gasteiger partial charge is 0.264 e. The smallest absolute Gasteiger partial charge is 0.123 e. The fourth-order valence-electron chi connectivity index (χ4n) is 3.74. The van der Waals surface area contributed by atoms with Gasteiger partial charge in [-0.25, -0.2) is 8.78 Å². The second-order valence-electron chi connectivity index (χ2n) is 7.10. The Hall–Kier alpha value is -3.40. The number of aromatic nitrogens is 2. The van der Waals surface area contributed by atoms with Crippen molar-refractivity contribution in [3.05, 3.63) is 119 Å². The normalized spacial score (nSPS) is 12.0. The molecule has 4 rings (SSSR count). The van der Waals surface area contributed by atoms with Crippen LogP contribution in [0, 0.1) is 18.6 Å². The van der Waals surface area contributed by atoms with Crippen molar-refractivity contribution in [2.24, 2.45) is 0 Å². The van der Waals surface area contributed by atoms with Gasteiger partial charge in [0.05, 0.1) is 0 Å². The van der Waals surface area contributed by atoms with E-state index in [9.17, 15) is 8.78 Å². The minimum Gasteiger partial charge on any atom is -0.264 e. The molecule has 0 aliphatic heterocycles. The van der Waals surface area contributed by atoms with Gasteiger partial charge in [0.15, 0.2) is 0 Å². The third kappa shape index (κ3) is 4.21. The molecule has 0 fully saturated rings. The Labute approximate surface area is 168 Å². The predicted molar refractivity (Wildman–Crippen MR) is 111 cm³/mol. The van der Waals surface area contributed by atoms with E-state index in [0.29, 0.717) is 6.42 Å². The van der Waals surface area contributed by atoms with E-state index in [0.717, 1.165) is 33.4 Å². The summed E-state index contributed by atoms with van der Waals surface area (Å²) in [6, 6.07) is 17.3. The lowest BCUT2D eigenvalue weighted by Gasteiger charge is -2.22. The average Bonchev–Trinajstić information content (AvgIpc) is 2.74. The summed E-state index contributed by atoms with van der Waals surface area (Å²) in [5.41, 5.74) is 5.43. The first-order valence-corrected chi connectivity index (χ1v) is 9.46. The monoisotopic (exact) mass is 386 g/mol. The summed E-state index contributed by atoms with van der Waals surface area (Å²) in [6.07, 6.45) is 7.86. The number of rotatable bonds is 5. The summed E-state index contributed by atoms with van der Waals surface area (Å²) >= 11 is 0. The summed E-state index contributed by atoms with van der Waals surface area (Å²) in [4.78, 5) is 8.51. The number of benzene rings is 2. The number of aryl methyl sites for hydroxylation is 1. The zero-order valence-corrected chi connectivity index (χ0v) is 16.0. The van der Waals surface area contributed by atoms with Gasteiger partial charge >= 0.3 is 0 Å². The van der Waals surface area contributed by atoms with E-state index in [4.69, 9.17) is 0 Å². The maximum absolute atomic E-state index is 14.2. The standard InChI is InChI=1S/C25H20F2N2/c1-17-12-20(26)6-8-22(17)25-14-21(27)7-9-23(25)24(19-5-3-11-29-16-19)13-18-4-2-10-28-15-18/h2-12,14-16,24H,13H2,1H3. The van der Waals surface area contributed by atoms with Crippen molar-refractivity contribution in [1.29, 1.82) is 0 Å². The molecule has 2 aromatic heterocycles. The van der Waals surface area contributed by atoms with Crippen LogP contribution in [0.2, 0.25) is 0 Å². The molecular weight excluding hydrogens is 366 g/mol. The molecular formula is C25H20F2N2. The maximum Gasteiger partial charge on any atom is 0.123 e. The van der Waals surface area contributed by atoms with Crippen LogP contribution in [0.25, 0.3) is 11.1 Å². The molecule has 1 atom stereocenters. The van der Waals surface area contributed by atoms with Gasteiger partial charge in [-0.15, -0.1) is 0 Å². The Morgan fingerprint density at radius 2 is 1.52 bits per heavy atom. The molecule has 144 valence electrons. The molecule has 0 aliphatic rings. The number of hydrogen-bond donors (Lipinski definition) is 0. The molecule has 4 aromatic rings. The van der Waals surface area contributed by atoms with Gasteiger partial charge in [0.1, 0.15) is 11.6 Å². The zero-order chi connectivity index (χ0) is 20.2. The van der Waals surface area contributed by atoms with Crippen LogP contribution in [0.3, 0.4) is 0 Å². The SMILES string of the molecule is Cc1cc(F)ccc1-c1cc(F)ccc1C(Cc1cccnc1)c1cccnc1. The Morgan fingerprint density at radius 1 is 0.793 bits per heavy atom. The van der Waals surface area contributed by atoms with E-state index >= 15 is 0 Å². The first-order valence-electron chi connectivity index (χ1n) is 9.46. The molecule has 0 saturated carbocycles. The number of hydrogen-bond acceptors (Lipinski definition) is 2. The van der Waals surface area contributed by atoms with Gasteiger partial charge in [0, 0.05) is 30.7 Å². The lowest BCUT2D eigenvalue weighted by molar-refractivity contribution is 0.625. The summed E-state index contributed by atoms with van der Waals surface area (Å²) < 4.78 is 27.9. The van der Waals surface area contributed by atoms with Crippen LogP contribution in [0.15, 0.2) is 85.5 Å². The van der Waals surface area contributed by atoms with E-state index in [1.807, 2.05) is 49.6 Å². The molecule has 0 N–H and O–H groups in total. The average molecular weight is 386 g/mol. The fraction of sp³-hybridized carbons (Fsp3) is 0.120. The number of pyridine rings is 2. The zero-order valence-electron chi connectivity index (χ0n) is 16.0. The summed E-state index contributed by atoms with van der Waals surface area (Å²) in [7, 11) is 0. The molecule has 29 heavy (non-hydrogen) atoms. The molecule has 0 spiro atoms. The van der Waals surface area contributed by atoms with Gasteiger partial charge in [-0.3, -0.25) is 9.97 Å². The quantitative estimate of drug-likeness (QED) is 0.414. The van der Waals surface area contributed by atoms with Crippen molar-refractivity contribution in [2.45, 2.75) is 19.3 Å². The van der Waals surface area contributed by atoms with E-state index in [1.54, 1.807) is 18.5 Å². The van der Waals surface area contributed by atoms with Gasteiger partial charge < -0.3 is 0 Å². The van der Waals surface area contributed by atoms with Crippen LogP contribution < -0.4 is 0 Å². The number of halogens is 2. The van der Waals surface area contributed by atoms with Crippen LogP contribution in [0.4, 0.5) is 8.78 Å². The van der Waals surface area contributed by atoms with Crippen LogP contribution in [0.1, 0.15) is 28.2 Å². The van der Waals surface area contributed by atoms with Crippen molar-refractivity contribution >= 4 is 0 Å². The van der Waals surface area contributed by atoms with Crippen LogP contribution >= 0.6 is 0 Å². The van der Waals surface area contributed by atoms with Crippen molar-refractivity contribution in [3.8, 4) is 11.1 Å².